The SMILES string of the molecule is CC(C)(C)c1cc(-c2sc(-c3cc(C(C)(C)C)c(O)c(C(C)(C)C)c3)c3c2-c2ccccc2-3)cc(C(C)(C)C)c1O. The van der Waals surface area contributed by atoms with Crippen molar-refractivity contribution in [1.82, 2.24) is 0 Å². The lowest BCUT2D eigenvalue weighted by Gasteiger charge is -2.29. The van der Waals surface area contributed by atoms with Gasteiger partial charge in [-0.05, 0) is 68.2 Å². The quantitative estimate of drug-likeness (QED) is 0.223. The molecular weight excluding hydrogens is 520 g/mol. The average molecular weight is 567 g/mol. The predicted molar refractivity (Wildman–Crippen MR) is 178 cm³/mol. The summed E-state index contributed by atoms with van der Waals surface area (Å²) in [6, 6.07) is 17.5. The van der Waals surface area contributed by atoms with Crippen LogP contribution in [0.2, 0.25) is 0 Å². The zero-order valence-electron chi connectivity index (χ0n) is 26.9. The van der Waals surface area contributed by atoms with Crippen LogP contribution in [-0.4, -0.2) is 10.2 Å². The zero-order valence-corrected chi connectivity index (χ0v) is 27.7. The zero-order chi connectivity index (χ0) is 30.4. The first-order chi connectivity index (χ1) is 18.7. The molecule has 2 nitrogen and oxygen atoms in total. The molecular formula is C38H46O2S. The number of benzene rings is 3. The standard InChI is InChI=1S/C38H46O2S/c1-35(2,3)25-17-21(18-26(31(25)39)36(4,5)6)33-29-23-15-13-14-16-24(23)30(29)34(41-33)22-19-27(37(7,8)9)32(40)28(20-22)38(10,11)12/h13-20,39-40H,1-12H3. The summed E-state index contributed by atoms with van der Waals surface area (Å²) in [5.41, 5.74) is 10.6. The number of phenolic OH excluding ortho intramolecular Hbond substituents is 2. The van der Waals surface area contributed by atoms with Crippen LogP contribution in [-0.2, 0) is 21.7 Å². The molecule has 0 bridgehead atoms. The van der Waals surface area contributed by atoms with E-state index in [2.05, 4.69) is 132 Å². The third-order valence-electron chi connectivity index (χ3n) is 8.35. The Hall–Kier alpha value is -3.04. The Kier molecular flexibility index (Phi) is 6.63. The third-order valence-corrected chi connectivity index (χ3v) is 9.64. The number of hydrogen-bond acceptors (Lipinski definition) is 3. The largest absolute Gasteiger partial charge is 0.507 e. The molecule has 2 N–H and O–H groups in total. The van der Waals surface area contributed by atoms with E-state index < -0.39 is 0 Å². The molecule has 0 aliphatic heterocycles. The first-order valence-corrected chi connectivity index (χ1v) is 15.6. The second kappa shape index (κ2) is 9.23. The van der Waals surface area contributed by atoms with Crippen molar-refractivity contribution in [2.24, 2.45) is 0 Å². The summed E-state index contributed by atoms with van der Waals surface area (Å²) in [5, 5.41) is 22.9. The smallest absolute Gasteiger partial charge is 0.123 e. The maximum absolute atomic E-state index is 11.4. The summed E-state index contributed by atoms with van der Waals surface area (Å²) in [5.74, 6) is 0.820. The Labute approximate surface area is 251 Å². The number of phenols is 2. The summed E-state index contributed by atoms with van der Waals surface area (Å²) < 4.78 is 0. The van der Waals surface area contributed by atoms with Gasteiger partial charge in [0.2, 0.25) is 0 Å². The van der Waals surface area contributed by atoms with E-state index in [4.69, 9.17) is 0 Å². The highest BCUT2D eigenvalue weighted by Crippen LogP contribution is 2.61. The van der Waals surface area contributed by atoms with Crippen molar-refractivity contribution in [3.05, 3.63) is 70.8 Å². The summed E-state index contributed by atoms with van der Waals surface area (Å²) in [7, 11) is 0. The predicted octanol–water partition coefficient (Wildman–Crippen LogP) is 11.3. The molecule has 0 unspecified atom stereocenters. The maximum Gasteiger partial charge on any atom is 0.123 e. The topological polar surface area (TPSA) is 40.5 Å². The van der Waals surface area contributed by atoms with Gasteiger partial charge in [0, 0.05) is 43.1 Å². The Bertz CT molecular complexity index is 1480. The molecule has 216 valence electrons. The van der Waals surface area contributed by atoms with Crippen molar-refractivity contribution in [2.45, 2.75) is 105 Å². The van der Waals surface area contributed by atoms with Gasteiger partial charge in [-0.3, -0.25) is 0 Å². The summed E-state index contributed by atoms with van der Waals surface area (Å²) in [4.78, 5) is 2.49. The molecule has 3 heteroatoms. The molecule has 0 spiro atoms. The van der Waals surface area contributed by atoms with E-state index in [0.717, 1.165) is 33.4 Å². The molecule has 1 aliphatic rings. The lowest BCUT2D eigenvalue weighted by Crippen LogP contribution is -2.17. The van der Waals surface area contributed by atoms with Crippen LogP contribution in [0.1, 0.15) is 105 Å². The maximum atomic E-state index is 11.4. The summed E-state index contributed by atoms with van der Waals surface area (Å²) >= 11 is 1.84. The minimum Gasteiger partial charge on any atom is -0.507 e. The molecule has 1 heterocycles. The van der Waals surface area contributed by atoms with Crippen molar-refractivity contribution < 1.29 is 10.2 Å². The van der Waals surface area contributed by atoms with Gasteiger partial charge >= 0.3 is 0 Å². The number of aromatic hydroxyl groups is 2. The van der Waals surface area contributed by atoms with Crippen molar-refractivity contribution >= 4 is 11.3 Å². The molecule has 4 aromatic rings. The van der Waals surface area contributed by atoms with Gasteiger partial charge in [0.25, 0.3) is 0 Å². The molecule has 0 saturated heterocycles. The highest BCUT2D eigenvalue weighted by atomic mass is 32.1. The molecule has 0 radical (unpaired) electrons. The molecule has 0 atom stereocenters. The van der Waals surface area contributed by atoms with E-state index >= 15 is 0 Å². The molecule has 1 aliphatic carbocycles. The van der Waals surface area contributed by atoms with Crippen molar-refractivity contribution in [3.8, 4) is 54.6 Å². The van der Waals surface area contributed by atoms with Crippen molar-refractivity contribution in [1.29, 1.82) is 0 Å². The van der Waals surface area contributed by atoms with Crippen LogP contribution in [0.3, 0.4) is 0 Å². The van der Waals surface area contributed by atoms with Gasteiger partial charge in [-0.1, -0.05) is 107 Å². The van der Waals surface area contributed by atoms with Gasteiger partial charge < -0.3 is 10.2 Å². The first kappa shape index (κ1) is 29.5. The summed E-state index contributed by atoms with van der Waals surface area (Å²) in [6.45, 7) is 26.0. The van der Waals surface area contributed by atoms with Crippen molar-refractivity contribution in [2.75, 3.05) is 0 Å². The normalized spacial score (nSPS) is 13.6. The Balaban J connectivity index is 1.85. The molecule has 0 fully saturated rings. The van der Waals surface area contributed by atoms with Crippen LogP contribution >= 0.6 is 11.3 Å². The number of thiophene rings is 1. The van der Waals surface area contributed by atoms with Gasteiger partial charge in [0.1, 0.15) is 11.5 Å². The van der Waals surface area contributed by atoms with Gasteiger partial charge in [-0.15, -0.1) is 11.3 Å². The van der Waals surface area contributed by atoms with E-state index in [1.165, 1.54) is 32.0 Å². The van der Waals surface area contributed by atoms with E-state index in [0.29, 0.717) is 11.5 Å². The fraction of sp³-hybridized carbons (Fsp3) is 0.421. The van der Waals surface area contributed by atoms with Crippen LogP contribution in [0, 0.1) is 0 Å². The lowest BCUT2D eigenvalue weighted by molar-refractivity contribution is 0.422. The Morgan fingerprint density at radius 3 is 0.976 bits per heavy atom. The molecule has 5 rings (SSSR count). The highest BCUT2D eigenvalue weighted by molar-refractivity contribution is 7.20. The van der Waals surface area contributed by atoms with E-state index in [9.17, 15) is 10.2 Å². The average Bonchev–Trinajstić information content (AvgIpc) is 3.15. The van der Waals surface area contributed by atoms with Gasteiger partial charge in [0.15, 0.2) is 0 Å². The fourth-order valence-electron chi connectivity index (χ4n) is 6.03. The highest BCUT2D eigenvalue weighted by Gasteiger charge is 2.35. The molecule has 3 aromatic carbocycles. The van der Waals surface area contributed by atoms with Gasteiger partial charge in [0.05, 0.1) is 0 Å². The Morgan fingerprint density at radius 2 is 0.732 bits per heavy atom. The minimum atomic E-state index is -0.203. The molecule has 0 amide bonds. The fourth-order valence-corrected chi connectivity index (χ4v) is 7.33. The van der Waals surface area contributed by atoms with Crippen molar-refractivity contribution in [3.63, 3.8) is 0 Å². The van der Waals surface area contributed by atoms with E-state index in [1.54, 1.807) is 0 Å². The minimum absolute atomic E-state index is 0.203. The van der Waals surface area contributed by atoms with E-state index in [-0.39, 0.29) is 21.7 Å². The van der Waals surface area contributed by atoms with Crippen LogP contribution < -0.4 is 0 Å². The molecule has 41 heavy (non-hydrogen) atoms. The van der Waals surface area contributed by atoms with Gasteiger partial charge in [-0.2, -0.15) is 0 Å². The molecule has 0 saturated carbocycles. The Morgan fingerprint density at radius 1 is 0.463 bits per heavy atom. The van der Waals surface area contributed by atoms with Crippen LogP contribution in [0.15, 0.2) is 48.5 Å². The first-order valence-electron chi connectivity index (χ1n) is 14.7. The molecule has 1 aromatic heterocycles. The van der Waals surface area contributed by atoms with Crippen LogP contribution in [0.25, 0.3) is 43.1 Å². The van der Waals surface area contributed by atoms with Crippen LogP contribution in [0.5, 0.6) is 11.5 Å². The lowest BCUT2D eigenvalue weighted by atomic mass is 9.75. The monoisotopic (exact) mass is 566 g/mol. The number of rotatable bonds is 2. The number of fused-ring (bicyclic) bond motifs is 4. The number of hydrogen-bond donors (Lipinski definition) is 2. The van der Waals surface area contributed by atoms with Crippen LogP contribution in [0.4, 0.5) is 0 Å². The second-order valence-electron chi connectivity index (χ2n) is 15.9. The summed E-state index contributed by atoms with van der Waals surface area (Å²) in [6.07, 6.45) is 0. The van der Waals surface area contributed by atoms with Gasteiger partial charge in [-0.25, -0.2) is 0 Å². The van der Waals surface area contributed by atoms with E-state index in [1.807, 2.05) is 11.3 Å². The third kappa shape index (κ3) is 4.91. The second-order valence-corrected chi connectivity index (χ2v) is 16.9.